The molecule has 0 atom stereocenters. The number of nitrogens with zero attached hydrogens (tertiary/aromatic N) is 3. The highest BCUT2D eigenvalue weighted by Gasteiger charge is 2.21. The van der Waals surface area contributed by atoms with Crippen LogP contribution in [0.15, 0.2) is 40.1 Å². The number of hydrogen-bond acceptors (Lipinski definition) is 3. The van der Waals surface area contributed by atoms with Crippen LogP contribution in [-0.2, 0) is 0 Å². The highest BCUT2D eigenvalue weighted by molar-refractivity contribution is 7.03. The zero-order chi connectivity index (χ0) is 15.5. The number of para-hydroxylation sites is 1. The minimum atomic E-state index is 0.0987. The summed E-state index contributed by atoms with van der Waals surface area (Å²) in [5.74, 6) is 0. The van der Waals surface area contributed by atoms with Gasteiger partial charge in [-0.15, -0.1) is 0 Å². The minimum Gasteiger partial charge on any atom is -0.264 e. The van der Waals surface area contributed by atoms with E-state index in [1.54, 1.807) is 0 Å². The second-order valence-electron chi connectivity index (χ2n) is 6.19. The predicted molar refractivity (Wildman–Crippen MR) is 90.7 cm³/mol. The molecule has 5 heteroatoms. The van der Waals surface area contributed by atoms with Crippen molar-refractivity contribution >= 4 is 17.2 Å². The summed E-state index contributed by atoms with van der Waals surface area (Å²) in [4.78, 5) is 18.4. The van der Waals surface area contributed by atoms with E-state index in [0.29, 0.717) is 6.04 Å². The van der Waals surface area contributed by atoms with Gasteiger partial charge >= 0.3 is 5.69 Å². The van der Waals surface area contributed by atoms with Crippen LogP contribution in [0, 0.1) is 0 Å². The van der Waals surface area contributed by atoms with Crippen molar-refractivity contribution < 1.29 is 0 Å². The lowest BCUT2D eigenvalue weighted by Gasteiger charge is -2.21. The van der Waals surface area contributed by atoms with Crippen LogP contribution in [0.4, 0.5) is 5.69 Å². The number of rotatable bonds is 3. The standard InChI is InChI=1S/C17H23N3OS/c1-13(2)20-17(21)19(15-11-7-4-8-12-15)16(22-20)18-14-9-5-3-6-10-14/h3,5-6,9-10,13,15H,4,7-8,11-12H2,1-2H3. The van der Waals surface area contributed by atoms with E-state index in [1.165, 1.54) is 30.8 Å². The van der Waals surface area contributed by atoms with E-state index in [4.69, 9.17) is 4.99 Å². The van der Waals surface area contributed by atoms with Gasteiger partial charge in [-0.25, -0.2) is 13.7 Å². The lowest BCUT2D eigenvalue weighted by Crippen LogP contribution is -2.34. The van der Waals surface area contributed by atoms with Gasteiger partial charge in [0, 0.05) is 12.1 Å². The second-order valence-corrected chi connectivity index (χ2v) is 7.13. The third-order valence-electron chi connectivity index (χ3n) is 4.17. The molecule has 0 saturated heterocycles. The summed E-state index contributed by atoms with van der Waals surface area (Å²) in [6, 6.07) is 10.4. The van der Waals surface area contributed by atoms with E-state index >= 15 is 0 Å². The Hall–Kier alpha value is -1.62. The molecule has 1 aromatic heterocycles. The molecule has 4 nitrogen and oxygen atoms in total. The van der Waals surface area contributed by atoms with Gasteiger partial charge in [-0.3, -0.25) is 4.57 Å². The van der Waals surface area contributed by atoms with Crippen molar-refractivity contribution in [3.05, 3.63) is 45.6 Å². The van der Waals surface area contributed by atoms with Crippen molar-refractivity contribution in [1.29, 1.82) is 0 Å². The van der Waals surface area contributed by atoms with Crippen LogP contribution in [0.3, 0.4) is 0 Å². The van der Waals surface area contributed by atoms with Crippen LogP contribution in [0.1, 0.15) is 58.0 Å². The minimum absolute atomic E-state index is 0.0987. The Morgan fingerprint density at radius 2 is 1.82 bits per heavy atom. The first-order valence-corrected chi connectivity index (χ1v) is 8.88. The van der Waals surface area contributed by atoms with Crippen molar-refractivity contribution in [1.82, 2.24) is 8.52 Å². The van der Waals surface area contributed by atoms with Crippen molar-refractivity contribution in [3.63, 3.8) is 0 Å². The molecule has 1 heterocycles. The van der Waals surface area contributed by atoms with Crippen LogP contribution in [-0.4, -0.2) is 8.52 Å². The zero-order valence-corrected chi connectivity index (χ0v) is 14.1. The van der Waals surface area contributed by atoms with Gasteiger partial charge in [0.2, 0.25) is 4.80 Å². The molecule has 1 aromatic carbocycles. The molecular formula is C17H23N3OS. The smallest absolute Gasteiger partial charge is 0.264 e. The molecule has 0 unspecified atom stereocenters. The first-order chi connectivity index (χ1) is 10.7. The van der Waals surface area contributed by atoms with Crippen LogP contribution < -0.4 is 10.5 Å². The largest absolute Gasteiger partial charge is 0.340 e. The van der Waals surface area contributed by atoms with E-state index in [1.807, 2.05) is 38.9 Å². The molecule has 1 aliphatic rings. The summed E-state index contributed by atoms with van der Waals surface area (Å²) in [5.41, 5.74) is 1.01. The maximum absolute atomic E-state index is 12.8. The summed E-state index contributed by atoms with van der Waals surface area (Å²) >= 11 is 1.48. The normalized spacial score (nSPS) is 17.3. The van der Waals surface area contributed by atoms with Crippen molar-refractivity contribution in [2.75, 3.05) is 0 Å². The molecule has 0 aliphatic heterocycles. The van der Waals surface area contributed by atoms with Crippen LogP contribution in [0.25, 0.3) is 0 Å². The summed E-state index contributed by atoms with van der Waals surface area (Å²) in [5, 5.41) is 0. The van der Waals surface area contributed by atoms with Crippen LogP contribution >= 0.6 is 11.5 Å². The molecule has 0 bridgehead atoms. The van der Waals surface area contributed by atoms with Crippen LogP contribution in [0.5, 0.6) is 0 Å². The van der Waals surface area contributed by atoms with Gasteiger partial charge in [0.25, 0.3) is 0 Å². The Balaban J connectivity index is 2.13. The third-order valence-corrected chi connectivity index (χ3v) is 5.40. The molecule has 0 spiro atoms. The maximum Gasteiger partial charge on any atom is 0.340 e. The topological polar surface area (TPSA) is 39.3 Å². The van der Waals surface area contributed by atoms with E-state index in [9.17, 15) is 4.79 Å². The van der Waals surface area contributed by atoms with Crippen molar-refractivity contribution in [3.8, 4) is 0 Å². The van der Waals surface area contributed by atoms with Crippen LogP contribution in [0.2, 0.25) is 0 Å². The molecule has 0 amide bonds. The van der Waals surface area contributed by atoms with E-state index in [-0.39, 0.29) is 11.7 Å². The highest BCUT2D eigenvalue weighted by Crippen LogP contribution is 2.26. The molecule has 1 saturated carbocycles. The first-order valence-electron chi connectivity index (χ1n) is 8.11. The monoisotopic (exact) mass is 317 g/mol. The Morgan fingerprint density at radius 1 is 1.14 bits per heavy atom. The summed E-state index contributed by atoms with van der Waals surface area (Å²) < 4.78 is 3.78. The number of aromatic nitrogens is 2. The predicted octanol–water partition coefficient (Wildman–Crippen LogP) is 4.03. The molecule has 2 aromatic rings. The molecule has 1 fully saturated rings. The molecule has 0 radical (unpaired) electrons. The van der Waals surface area contributed by atoms with Gasteiger partial charge in [-0.05, 0) is 50.4 Å². The molecule has 1 aliphatic carbocycles. The van der Waals surface area contributed by atoms with Gasteiger partial charge in [-0.2, -0.15) is 0 Å². The third kappa shape index (κ3) is 3.09. The highest BCUT2D eigenvalue weighted by atomic mass is 32.1. The lowest BCUT2D eigenvalue weighted by atomic mass is 9.95. The van der Waals surface area contributed by atoms with E-state index < -0.39 is 0 Å². The average molecular weight is 317 g/mol. The SMILES string of the molecule is CC(C)n1sc(=Nc2ccccc2)n(C2CCCCC2)c1=O. The Labute approximate surface area is 134 Å². The van der Waals surface area contributed by atoms with Gasteiger partial charge in [0.15, 0.2) is 0 Å². The van der Waals surface area contributed by atoms with Crippen molar-refractivity contribution in [2.24, 2.45) is 4.99 Å². The number of benzene rings is 1. The fourth-order valence-electron chi connectivity index (χ4n) is 3.02. The molecular weight excluding hydrogens is 294 g/mol. The van der Waals surface area contributed by atoms with Gasteiger partial charge in [0.1, 0.15) is 0 Å². The van der Waals surface area contributed by atoms with Gasteiger partial charge < -0.3 is 0 Å². The molecule has 22 heavy (non-hydrogen) atoms. The molecule has 3 rings (SSSR count). The Bertz CT molecular complexity index is 733. The van der Waals surface area contributed by atoms with E-state index in [2.05, 4.69) is 13.8 Å². The number of hydrogen-bond donors (Lipinski definition) is 0. The van der Waals surface area contributed by atoms with Crippen molar-refractivity contribution in [2.45, 2.75) is 58.0 Å². The summed E-state index contributed by atoms with van der Waals surface area (Å²) in [6.45, 7) is 4.10. The fraction of sp³-hybridized carbons (Fsp3) is 0.529. The quantitative estimate of drug-likeness (QED) is 0.842. The summed E-state index contributed by atoms with van der Waals surface area (Å²) in [7, 11) is 0. The van der Waals surface area contributed by atoms with E-state index in [0.717, 1.165) is 23.3 Å². The lowest BCUT2D eigenvalue weighted by molar-refractivity contribution is 0.335. The van der Waals surface area contributed by atoms with Gasteiger partial charge in [-0.1, -0.05) is 37.5 Å². The Morgan fingerprint density at radius 3 is 2.45 bits per heavy atom. The molecule has 0 N–H and O–H groups in total. The zero-order valence-electron chi connectivity index (χ0n) is 13.2. The fourth-order valence-corrected chi connectivity index (χ4v) is 4.04. The maximum atomic E-state index is 12.8. The first kappa shape index (κ1) is 15.3. The average Bonchev–Trinajstić information content (AvgIpc) is 2.86. The van der Waals surface area contributed by atoms with Gasteiger partial charge in [0.05, 0.1) is 5.69 Å². The second kappa shape index (κ2) is 6.65. The molecule has 118 valence electrons. The Kier molecular flexibility index (Phi) is 4.62. The summed E-state index contributed by atoms with van der Waals surface area (Å²) in [6.07, 6.45) is 5.88.